The molecule has 0 aliphatic carbocycles. The molecule has 0 aliphatic heterocycles. The van der Waals surface area contributed by atoms with Crippen LogP contribution in [0.15, 0.2) is 0 Å². The first-order valence-corrected chi connectivity index (χ1v) is 5.27. The highest BCUT2D eigenvalue weighted by Gasteiger charge is 2.04. The van der Waals surface area contributed by atoms with Gasteiger partial charge in [-0.05, 0) is 12.3 Å². The van der Waals surface area contributed by atoms with E-state index in [1.807, 2.05) is 0 Å². The SMILES string of the molecule is CCCCC(C)CCCC(=O)OC. The van der Waals surface area contributed by atoms with Gasteiger partial charge < -0.3 is 4.74 Å². The number of unbranched alkanes of at least 4 members (excludes halogenated alkanes) is 1. The van der Waals surface area contributed by atoms with Crippen LogP contribution >= 0.6 is 0 Å². The summed E-state index contributed by atoms with van der Waals surface area (Å²) in [7, 11) is 1.45. The molecule has 0 bridgehead atoms. The van der Waals surface area contributed by atoms with Gasteiger partial charge in [-0.25, -0.2) is 0 Å². The Balaban J connectivity index is 3.26. The maximum Gasteiger partial charge on any atom is 0.305 e. The van der Waals surface area contributed by atoms with Crippen LogP contribution in [0.1, 0.15) is 52.4 Å². The highest BCUT2D eigenvalue weighted by atomic mass is 16.5. The van der Waals surface area contributed by atoms with Crippen molar-refractivity contribution in [1.82, 2.24) is 0 Å². The minimum atomic E-state index is -0.0808. The molecule has 0 aromatic carbocycles. The average Bonchev–Trinajstić information content (AvgIpc) is 2.14. The van der Waals surface area contributed by atoms with Crippen LogP contribution in [-0.4, -0.2) is 13.1 Å². The maximum atomic E-state index is 10.8. The van der Waals surface area contributed by atoms with E-state index in [1.165, 1.54) is 26.4 Å². The van der Waals surface area contributed by atoms with Gasteiger partial charge in [0.05, 0.1) is 7.11 Å². The van der Waals surface area contributed by atoms with Crippen molar-refractivity contribution in [2.75, 3.05) is 7.11 Å². The Hall–Kier alpha value is -0.530. The van der Waals surface area contributed by atoms with E-state index in [1.54, 1.807) is 0 Å². The molecule has 78 valence electrons. The Morgan fingerprint density at radius 1 is 1.31 bits per heavy atom. The zero-order valence-electron chi connectivity index (χ0n) is 9.14. The normalized spacial score (nSPS) is 12.5. The van der Waals surface area contributed by atoms with Gasteiger partial charge in [-0.15, -0.1) is 0 Å². The van der Waals surface area contributed by atoms with Gasteiger partial charge in [0.25, 0.3) is 0 Å². The number of carbonyl (C=O) groups excluding carboxylic acids is 1. The minimum Gasteiger partial charge on any atom is -0.469 e. The van der Waals surface area contributed by atoms with E-state index in [0.29, 0.717) is 6.42 Å². The molecule has 1 unspecified atom stereocenters. The third kappa shape index (κ3) is 7.82. The van der Waals surface area contributed by atoms with E-state index < -0.39 is 0 Å². The van der Waals surface area contributed by atoms with E-state index in [0.717, 1.165) is 18.8 Å². The fourth-order valence-corrected chi connectivity index (χ4v) is 1.39. The molecular weight excluding hydrogens is 164 g/mol. The van der Waals surface area contributed by atoms with Crippen molar-refractivity contribution in [3.8, 4) is 0 Å². The molecule has 0 aromatic heterocycles. The summed E-state index contributed by atoms with van der Waals surface area (Å²) >= 11 is 0. The Kier molecular flexibility index (Phi) is 7.76. The van der Waals surface area contributed by atoms with E-state index >= 15 is 0 Å². The van der Waals surface area contributed by atoms with Crippen LogP contribution in [0.3, 0.4) is 0 Å². The second kappa shape index (κ2) is 8.09. The number of methoxy groups -OCH3 is 1. The molecule has 0 fully saturated rings. The molecule has 0 radical (unpaired) electrons. The first-order chi connectivity index (χ1) is 6.20. The highest BCUT2D eigenvalue weighted by molar-refractivity contribution is 5.68. The van der Waals surface area contributed by atoms with Crippen molar-refractivity contribution in [2.45, 2.75) is 52.4 Å². The lowest BCUT2D eigenvalue weighted by Crippen LogP contribution is -2.01. The summed E-state index contributed by atoms with van der Waals surface area (Å²) in [6.45, 7) is 4.47. The number of rotatable bonds is 7. The van der Waals surface area contributed by atoms with Crippen molar-refractivity contribution >= 4 is 5.97 Å². The van der Waals surface area contributed by atoms with Crippen molar-refractivity contribution in [1.29, 1.82) is 0 Å². The first kappa shape index (κ1) is 12.5. The summed E-state index contributed by atoms with van der Waals surface area (Å²) in [5.74, 6) is 0.673. The maximum absolute atomic E-state index is 10.8. The van der Waals surface area contributed by atoms with Crippen molar-refractivity contribution in [3.05, 3.63) is 0 Å². The number of carbonyl (C=O) groups is 1. The molecule has 13 heavy (non-hydrogen) atoms. The molecule has 0 rings (SSSR count). The Labute approximate surface area is 81.7 Å². The number of esters is 1. The van der Waals surface area contributed by atoms with Crippen molar-refractivity contribution in [3.63, 3.8) is 0 Å². The van der Waals surface area contributed by atoms with Gasteiger partial charge >= 0.3 is 5.97 Å². The molecule has 2 nitrogen and oxygen atoms in total. The van der Waals surface area contributed by atoms with Crippen LogP contribution < -0.4 is 0 Å². The summed E-state index contributed by atoms with van der Waals surface area (Å²) in [5.41, 5.74) is 0. The number of hydrogen-bond donors (Lipinski definition) is 0. The fraction of sp³-hybridized carbons (Fsp3) is 0.909. The van der Waals surface area contributed by atoms with Crippen LogP contribution in [0.2, 0.25) is 0 Å². The zero-order chi connectivity index (χ0) is 10.1. The van der Waals surface area contributed by atoms with Gasteiger partial charge in [0.1, 0.15) is 0 Å². The third-order valence-corrected chi connectivity index (χ3v) is 2.36. The second-order valence-electron chi connectivity index (χ2n) is 3.72. The Morgan fingerprint density at radius 2 is 1.92 bits per heavy atom. The Bertz CT molecular complexity index is 132. The van der Waals surface area contributed by atoms with Gasteiger partial charge in [0.2, 0.25) is 0 Å². The van der Waals surface area contributed by atoms with Gasteiger partial charge in [0.15, 0.2) is 0 Å². The van der Waals surface area contributed by atoms with Crippen LogP contribution in [0.25, 0.3) is 0 Å². The smallest absolute Gasteiger partial charge is 0.305 e. The lowest BCUT2D eigenvalue weighted by Gasteiger charge is -2.09. The minimum absolute atomic E-state index is 0.0808. The lowest BCUT2D eigenvalue weighted by molar-refractivity contribution is -0.140. The van der Waals surface area contributed by atoms with Gasteiger partial charge in [-0.2, -0.15) is 0 Å². The van der Waals surface area contributed by atoms with Crippen LogP contribution in [-0.2, 0) is 9.53 Å². The molecule has 0 amide bonds. The third-order valence-electron chi connectivity index (χ3n) is 2.36. The van der Waals surface area contributed by atoms with Crippen molar-refractivity contribution in [2.24, 2.45) is 5.92 Å². The predicted molar refractivity (Wildman–Crippen MR) is 54.6 cm³/mol. The molecular formula is C11H22O2. The number of ether oxygens (including phenoxy) is 1. The monoisotopic (exact) mass is 186 g/mol. The molecule has 0 saturated heterocycles. The van der Waals surface area contributed by atoms with Crippen LogP contribution in [0, 0.1) is 5.92 Å². The van der Waals surface area contributed by atoms with Crippen molar-refractivity contribution < 1.29 is 9.53 Å². The molecule has 2 heteroatoms. The molecule has 0 spiro atoms. The molecule has 1 atom stereocenters. The van der Waals surface area contributed by atoms with E-state index in [4.69, 9.17) is 0 Å². The lowest BCUT2D eigenvalue weighted by atomic mass is 9.98. The molecule has 0 aromatic rings. The van der Waals surface area contributed by atoms with E-state index in [-0.39, 0.29) is 5.97 Å². The second-order valence-corrected chi connectivity index (χ2v) is 3.72. The van der Waals surface area contributed by atoms with Gasteiger partial charge in [-0.1, -0.05) is 39.5 Å². The van der Waals surface area contributed by atoms with Crippen LogP contribution in [0.4, 0.5) is 0 Å². The summed E-state index contributed by atoms with van der Waals surface area (Å²) in [6, 6.07) is 0. The van der Waals surface area contributed by atoms with Crippen LogP contribution in [0.5, 0.6) is 0 Å². The highest BCUT2D eigenvalue weighted by Crippen LogP contribution is 2.14. The fourth-order valence-electron chi connectivity index (χ4n) is 1.39. The molecule has 0 aliphatic rings. The summed E-state index contributed by atoms with van der Waals surface area (Å²) < 4.78 is 4.57. The summed E-state index contributed by atoms with van der Waals surface area (Å²) in [5, 5.41) is 0. The summed E-state index contributed by atoms with van der Waals surface area (Å²) in [4.78, 5) is 10.8. The number of hydrogen-bond acceptors (Lipinski definition) is 2. The quantitative estimate of drug-likeness (QED) is 0.571. The average molecular weight is 186 g/mol. The van der Waals surface area contributed by atoms with E-state index in [2.05, 4.69) is 18.6 Å². The van der Waals surface area contributed by atoms with E-state index in [9.17, 15) is 4.79 Å². The standard InChI is InChI=1S/C11H22O2/c1-4-5-7-10(2)8-6-9-11(12)13-3/h10H,4-9H2,1-3H3. The molecule has 0 saturated carbocycles. The molecule has 0 heterocycles. The predicted octanol–water partition coefficient (Wildman–Crippen LogP) is 3.16. The first-order valence-electron chi connectivity index (χ1n) is 5.27. The topological polar surface area (TPSA) is 26.3 Å². The largest absolute Gasteiger partial charge is 0.469 e. The summed E-state index contributed by atoms with van der Waals surface area (Å²) in [6.07, 6.45) is 6.55. The van der Waals surface area contributed by atoms with Gasteiger partial charge in [-0.3, -0.25) is 4.79 Å². The molecule has 0 N–H and O–H groups in total. The zero-order valence-corrected chi connectivity index (χ0v) is 9.14. The van der Waals surface area contributed by atoms with Gasteiger partial charge in [0, 0.05) is 6.42 Å². The Morgan fingerprint density at radius 3 is 2.46 bits per heavy atom.